The summed E-state index contributed by atoms with van der Waals surface area (Å²) in [5, 5.41) is 15.1. The molecule has 0 heterocycles. The van der Waals surface area contributed by atoms with Gasteiger partial charge in [0.1, 0.15) is 12.6 Å². The molecule has 0 spiro atoms. The number of nitro groups is 1. The summed E-state index contributed by atoms with van der Waals surface area (Å²) in [4.78, 5) is 40.9. The van der Waals surface area contributed by atoms with Crippen LogP contribution in [0.25, 0.3) is 0 Å². The largest absolute Gasteiger partial charge is 0.352 e. The predicted molar refractivity (Wildman–Crippen MR) is 190 cm³/mol. The van der Waals surface area contributed by atoms with Crippen molar-refractivity contribution in [2.24, 2.45) is 0 Å². The van der Waals surface area contributed by atoms with Crippen LogP contribution in [0.2, 0.25) is 10.0 Å². The fourth-order valence-electron chi connectivity index (χ4n) is 5.94. The molecule has 4 aromatic rings. The van der Waals surface area contributed by atoms with E-state index >= 15 is 0 Å². The lowest BCUT2D eigenvalue weighted by Crippen LogP contribution is -2.55. The van der Waals surface area contributed by atoms with Gasteiger partial charge in [0.25, 0.3) is 15.7 Å². The number of amides is 2. The van der Waals surface area contributed by atoms with E-state index < -0.39 is 33.4 Å². The van der Waals surface area contributed by atoms with Gasteiger partial charge in [-0.25, -0.2) is 8.42 Å². The number of nitrogens with one attached hydrogen (secondary N) is 1. The Morgan fingerprint density at radius 1 is 0.837 bits per heavy atom. The number of carbonyl (C=O) groups is 2. The topological polar surface area (TPSA) is 130 Å². The zero-order valence-corrected chi connectivity index (χ0v) is 28.9. The highest BCUT2D eigenvalue weighted by Gasteiger charge is 2.36. The molecule has 0 aliphatic heterocycles. The van der Waals surface area contributed by atoms with Crippen LogP contribution in [0.5, 0.6) is 0 Å². The lowest BCUT2D eigenvalue weighted by molar-refractivity contribution is -0.384. The normalized spacial score (nSPS) is 14.1. The lowest BCUT2D eigenvalue weighted by atomic mass is 9.94. The van der Waals surface area contributed by atoms with Crippen LogP contribution >= 0.6 is 23.2 Å². The molecule has 256 valence electrons. The summed E-state index contributed by atoms with van der Waals surface area (Å²) >= 11 is 13.2. The molecule has 4 aromatic carbocycles. The average molecular weight is 724 g/mol. The molecule has 10 nitrogen and oxygen atoms in total. The third-order valence-corrected chi connectivity index (χ3v) is 11.1. The van der Waals surface area contributed by atoms with Crippen LogP contribution in [-0.4, -0.2) is 48.7 Å². The maximum Gasteiger partial charge on any atom is 0.269 e. The van der Waals surface area contributed by atoms with Crippen LogP contribution in [0.1, 0.15) is 43.2 Å². The molecular weight excluding hydrogens is 687 g/mol. The van der Waals surface area contributed by atoms with Gasteiger partial charge >= 0.3 is 0 Å². The number of carbonyl (C=O) groups excluding carboxylic acids is 2. The molecule has 13 heteroatoms. The van der Waals surface area contributed by atoms with E-state index in [1.54, 1.807) is 36.4 Å². The summed E-state index contributed by atoms with van der Waals surface area (Å²) in [6, 6.07) is 25.5. The first-order valence-corrected chi connectivity index (χ1v) is 18.1. The second-order valence-electron chi connectivity index (χ2n) is 11.9. The van der Waals surface area contributed by atoms with Crippen LogP contribution in [0, 0.1) is 10.1 Å². The van der Waals surface area contributed by atoms with Crippen molar-refractivity contribution >= 4 is 56.4 Å². The van der Waals surface area contributed by atoms with Gasteiger partial charge in [-0.3, -0.25) is 24.0 Å². The Kier molecular flexibility index (Phi) is 11.9. The highest BCUT2D eigenvalue weighted by atomic mass is 35.5. The minimum atomic E-state index is -4.37. The highest BCUT2D eigenvalue weighted by molar-refractivity contribution is 7.92. The highest BCUT2D eigenvalue weighted by Crippen LogP contribution is 2.30. The Labute approximate surface area is 295 Å². The number of hydrogen-bond acceptors (Lipinski definition) is 6. The molecule has 0 radical (unpaired) electrons. The summed E-state index contributed by atoms with van der Waals surface area (Å²) in [6.45, 7) is -0.911. The molecule has 49 heavy (non-hydrogen) atoms. The van der Waals surface area contributed by atoms with Crippen molar-refractivity contribution < 1.29 is 22.9 Å². The third-order valence-electron chi connectivity index (χ3n) is 8.57. The van der Waals surface area contributed by atoms with Crippen molar-refractivity contribution in [1.29, 1.82) is 0 Å². The smallest absolute Gasteiger partial charge is 0.269 e. The number of rotatable bonds is 13. The van der Waals surface area contributed by atoms with Crippen LogP contribution in [0.4, 0.5) is 11.4 Å². The van der Waals surface area contributed by atoms with E-state index in [-0.39, 0.29) is 51.2 Å². The quantitative estimate of drug-likeness (QED) is 0.115. The molecule has 1 N–H and O–H groups in total. The molecule has 5 rings (SSSR count). The number of nitrogens with zero attached hydrogens (tertiary/aromatic N) is 3. The number of hydrogen-bond donors (Lipinski definition) is 1. The Balaban J connectivity index is 1.59. The van der Waals surface area contributed by atoms with E-state index in [1.165, 1.54) is 41.3 Å². The van der Waals surface area contributed by atoms with Gasteiger partial charge in [0.15, 0.2) is 0 Å². The SMILES string of the molecule is O=C(NC1CCCCC1)[C@H](Cc1ccccc1)N(Cc1c(Cl)cccc1Cl)C(=O)CN(c1ccc([N+](=O)[O-])cc1)S(=O)(=O)c1ccccc1. The maximum absolute atomic E-state index is 14.7. The number of anilines is 1. The van der Waals surface area contributed by atoms with E-state index in [4.69, 9.17) is 23.2 Å². The molecule has 0 saturated heterocycles. The summed E-state index contributed by atoms with van der Waals surface area (Å²) < 4.78 is 29.2. The fraction of sp³-hybridized carbons (Fsp3) is 0.278. The van der Waals surface area contributed by atoms with Gasteiger partial charge in [-0.15, -0.1) is 0 Å². The van der Waals surface area contributed by atoms with Gasteiger partial charge in [-0.2, -0.15) is 0 Å². The van der Waals surface area contributed by atoms with E-state index in [1.807, 2.05) is 30.3 Å². The second-order valence-corrected chi connectivity index (χ2v) is 14.5. The molecule has 0 bridgehead atoms. The Bertz CT molecular complexity index is 1850. The number of non-ortho nitro benzene ring substituents is 1. The van der Waals surface area contributed by atoms with Gasteiger partial charge in [0.05, 0.1) is 15.5 Å². The predicted octanol–water partition coefficient (Wildman–Crippen LogP) is 7.19. The summed E-state index contributed by atoms with van der Waals surface area (Å²) in [5.74, 6) is -1.08. The van der Waals surface area contributed by atoms with Gasteiger partial charge < -0.3 is 10.2 Å². The van der Waals surface area contributed by atoms with E-state index in [2.05, 4.69) is 5.32 Å². The van der Waals surface area contributed by atoms with Gasteiger partial charge in [0, 0.05) is 46.7 Å². The lowest BCUT2D eigenvalue weighted by Gasteiger charge is -2.35. The van der Waals surface area contributed by atoms with Crippen LogP contribution in [-0.2, 0) is 32.6 Å². The standard InChI is InChI=1S/C36H36Cl2N4O6S/c37-32-17-10-18-33(38)31(32)24-40(34(23-26-11-4-1-5-12-26)36(44)39-27-13-6-2-7-14-27)35(43)25-41(28-19-21-29(22-20-28)42(45)46)49(47,48)30-15-8-3-9-16-30/h1,3-5,8-12,15-22,27,34H,2,6-7,13-14,23-25H2,(H,39,44)/t34-/m0/s1. The van der Waals surface area contributed by atoms with Crippen molar-refractivity contribution in [2.45, 2.75) is 62.0 Å². The van der Waals surface area contributed by atoms with Crippen molar-refractivity contribution in [3.8, 4) is 0 Å². The molecule has 1 saturated carbocycles. The molecule has 1 aliphatic rings. The number of halogens is 2. The average Bonchev–Trinajstić information content (AvgIpc) is 3.11. The molecular formula is C36H36Cl2N4O6S. The molecule has 2 amide bonds. The summed E-state index contributed by atoms with van der Waals surface area (Å²) in [6.07, 6.45) is 4.82. The van der Waals surface area contributed by atoms with E-state index in [0.717, 1.165) is 42.0 Å². The molecule has 0 aromatic heterocycles. The van der Waals surface area contributed by atoms with Crippen molar-refractivity contribution in [2.75, 3.05) is 10.8 Å². The number of benzene rings is 4. The second kappa shape index (κ2) is 16.3. The van der Waals surface area contributed by atoms with E-state index in [9.17, 15) is 28.1 Å². The minimum Gasteiger partial charge on any atom is -0.352 e. The van der Waals surface area contributed by atoms with Crippen molar-refractivity contribution in [3.63, 3.8) is 0 Å². The zero-order chi connectivity index (χ0) is 35.0. The molecule has 0 unspecified atom stereocenters. The Hall–Kier alpha value is -4.45. The molecule has 1 atom stereocenters. The van der Waals surface area contributed by atoms with Crippen molar-refractivity contribution in [3.05, 3.63) is 134 Å². The molecule has 1 fully saturated rings. The van der Waals surface area contributed by atoms with Crippen LogP contribution < -0.4 is 9.62 Å². The number of sulfonamides is 1. The first-order chi connectivity index (χ1) is 23.5. The zero-order valence-electron chi connectivity index (χ0n) is 26.6. The van der Waals surface area contributed by atoms with Gasteiger partial charge in [-0.1, -0.05) is 97.1 Å². The molecule has 1 aliphatic carbocycles. The Morgan fingerprint density at radius 3 is 2.02 bits per heavy atom. The first-order valence-electron chi connectivity index (χ1n) is 15.9. The van der Waals surface area contributed by atoms with Gasteiger partial charge in [0.2, 0.25) is 11.8 Å². The third kappa shape index (κ3) is 8.97. The summed E-state index contributed by atoms with van der Waals surface area (Å²) in [5.41, 5.74) is 0.975. The maximum atomic E-state index is 14.7. The van der Waals surface area contributed by atoms with Gasteiger partial charge in [-0.05, 0) is 54.8 Å². The Morgan fingerprint density at radius 2 is 1.43 bits per heavy atom. The first kappa shape index (κ1) is 35.8. The van der Waals surface area contributed by atoms with Crippen LogP contribution in [0.15, 0.2) is 108 Å². The monoisotopic (exact) mass is 722 g/mol. The minimum absolute atomic E-state index is 0.0322. The van der Waals surface area contributed by atoms with Crippen molar-refractivity contribution in [1.82, 2.24) is 10.2 Å². The fourth-order valence-corrected chi connectivity index (χ4v) is 7.89. The number of nitro benzene ring substituents is 1. The van der Waals surface area contributed by atoms with Crippen LogP contribution in [0.3, 0.4) is 0 Å². The summed E-state index contributed by atoms with van der Waals surface area (Å²) in [7, 11) is -4.37. The van der Waals surface area contributed by atoms with E-state index in [0.29, 0.717) is 5.56 Å².